The molecule has 0 spiro atoms. The molecule has 0 unspecified atom stereocenters. The fourth-order valence-corrected chi connectivity index (χ4v) is 3.88. The Kier molecular flexibility index (Phi) is 3.10. The smallest absolute Gasteiger partial charge is 0.177 e. The second-order valence-corrected chi connectivity index (χ2v) is 5.67. The van der Waals surface area contributed by atoms with E-state index in [1.807, 2.05) is 18.2 Å². The minimum atomic E-state index is -1.54. The highest BCUT2D eigenvalue weighted by Gasteiger charge is 2.61. The number of carbonyl (C=O) groups is 1. The van der Waals surface area contributed by atoms with E-state index < -0.39 is 11.2 Å². The molecule has 0 heterocycles. The summed E-state index contributed by atoms with van der Waals surface area (Å²) < 4.78 is 11.1. The van der Waals surface area contributed by atoms with Crippen LogP contribution in [0, 0.1) is 0 Å². The zero-order valence-corrected chi connectivity index (χ0v) is 11.9. The normalized spacial score (nSPS) is 32.5. The van der Waals surface area contributed by atoms with Gasteiger partial charge in [0.2, 0.25) is 0 Å². The molecule has 0 aromatic heterocycles. The topological polar surface area (TPSA) is 55.8 Å². The van der Waals surface area contributed by atoms with Gasteiger partial charge in [0.25, 0.3) is 0 Å². The number of hydrogen-bond donors (Lipinski definition) is 1. The Bertz CT molecular complexity index is 553. The van der Waals surface area contributed by atoms with E-state index in [4.69, 9.17) is 9.47 Å². The fourth-order valence-electron chi connectivity index (χ4n) is 3.88. The summed E-state index contributed by atoms with van der Waals surface area (Å²) in [5, 5.41) is 11.3. The van der Waals surface area contributed by atoms with Crippen molar-refractivity contribution in [3.05, 3.63) is 29.3 Å². The summed E-state index contributed by atoms with van der Waals surface area (Å²) in [6.07, 6.45) is 3.27. The molecular formula is C16H20O4. The van der Waals surface area contributed by atoms with E-state index in [1.165, 1.54) is 0 Å². The largest absolute Gasteiger partial charge is 0.496 e. The number of ether oxygens (including phenoxy) is 2. The molecule has 4 nitrogen and oxygen atoms in total. The molecule has 2 aliphatic carbocycles. The number of Topliss-reactive ketones (excluding diaryl/α,β-unsaturated/α-hetero) is 1. The summed E-state index contributed by atoms with van der Waals surface area (Å²) in [7, 11) is 3.20. The van der Waals surface area contributed by atoms with Crippen LogP contribution < -0.4 is 4.74 Å². The van der Waals surface area contributed by atoms with E-state index in [0.717, 1.165) is 24.2 Å². The van der Waals surface area contributed by atoms with E-state index in [0.29, 0.717) is 24.8 Å². The maximum Gasteiger partial charge on any atom is 0.177 e. The molecule has 0 radical (unpaired) electrons. The maximum absolute atomic E-state index is 12.5. The summed E-state index contributed by atoms with van der Waals surface area (Å²) in [5.41, 5.74) is -0.737. The van der Waals surface area contributed by atoms with Crippen molar-refractivity contribution < 1.29 is 19.4 Å². The first-order valence-electron chi connectivity index (χ1n) is 7.06. The third kappa shape index (κ3) is 1.52. The highest BCUT2D eigenvalue weighted by atomic mass is 16.5. The minimum Gasteiger partial charge on any atom is -0.496 e. The molecule has 20 heavy (non-hydrogen) atoms. The molecule has 0 saturated heterocycles. The summed E-state index contributed by atoms with van der Waals surface area (Å²) in [6.45, 7) is 0. The number of rotatable bonds is 2. The second kappa shape index (κ2) is 4.57. The number of ketones is 1. The maximum atomic E-state index is 12.5. The summed E-state index contributed by atoms with van der Waals surface area (Å²) >= 11 is 0. The summed E-state index contributed by atoms with van der Waals surface area (Å²) in [5.74, 6) is 0.596. The van der Waals surface area contributed by atoms with E-state index in [9.17, 15) is 9.90 Å². The van der Waals surface area contributed by atoms with Gasteiger partial charge in [0.15, 0.2) is 11.4 Å². The molecule has 1 saturated carbocycles. The van der Waals surface area contributed by atoms with Crippen molar-refractivity contribution in [3.8, 4) is 5.75 Å². The third-order valence-electron chi connectivity index (χ3n) is 4.96. The molecule has 1 N–H and O–H groups in total. The molecule has 0 aliphatic heterocycles. The Morgan fingerprint density at radius 2 is 2.00 bits per heavy atom. The van der Waals surface area contributed by atoms with Gasteiger partial charge in [-0.2, -0.15) is 0 Å². The van der Waals surface area contributed by atoms with Gasteiger partial charge in [-0.05, 0) is 31.7 Å². The van der Waals surface area contributed by atoms with Crippen LogP contribution in [0.5, 0.6) is 5.75 Å². The van der Waals surface area contributed by atoms with Crippen molar-refractivity contribution in [2.24, 2.45) is 0 Å². The zero-order chi connectivity index (χ0) is 14.4. The minimum absolute atomic E-state index is 0.139. The second-order valence-electron chi connectivity index (χ2n) is 5.67. The van der Waals surface area contributed by atoms with Crippen molar-refractivity contribution >= 4 is 5.78 Å². The molecule has 2 atom stereocenters. The third-order valence-corrected chi connectivity index (χ3v) is 4.96. The average molecular weight is 276 g/mol. The zero-order valence-electron chi connectivity index (χ0n) is 11.9. The predicted octanol–water partition coefficient (Wildman–Crippen LogP) is 1.97. The highest BCUT2D eigenvalue weighted by Crippen LogP contribution is 2.52. The molecule has 1 fully saturated rings. The average Bonchev–Trinajstić information content (AvgIpc) is 2.48. The molecular weight excluding hydrogens is 256 g/mol. The monoisotopic (exact) mass is 276 g/mol. The number of hydrogen-bond acceptors (Lipinski definition) is 4. The number of aliphatic hydroxyl groups is 1. The predicted molar refractivity (Wildman–Crippen MR) is 73.8 cm³/mol. The van der Waals surface area contributed by atoms with Crippen molar-refractivity contribution in [2.75, 3.05) is 14.2 Å². The first-order chi connectivity index (χ1) is 9.59. The van der Waals surface area contributed by atoms with Gasteiger partial charge in [-0.15, -0.1) is 0 Å². The van der Waals surface area contributed by atoms with Crippen LogP contribution in [-0.4, -0.2) is 30.7 Å². The van der Waals surface area contributed by atoms with Gasteiger partial charge in [-0.1, -0.05) is 12.1 Å². The van der Waals surface area contributed by atoms with Crippen LogP contribution in [0.1, 0.15) is 36.8 Å². The quantitative estimate of drug-likeness (QED) is 0.897. The van der Waals surface area contributed by atoms with Gasteiger partial charge in [0, 0.05) is 24.7 Å². The molecule has 1 aromatic carbocycles. The van der Waals surface area contributed by atoms with Crippen molar-refractivity contribution in [2.45, 2.75) is 43.3 Å². The van der Waals surface area contributed by atoms with Gasteiger partial charge >= 0.3 is 0 Å². The van der Waals surface area contributed by atoms with Crippen molar-refractivity contribution in [1.29, 1.82) is 0 Å². The van der Waals surface area contributed by atoms with E-state index in [1.54, 1.807) is 14.2 Å². The molecule has 3 rings (SSSR count). The van der Waals surface area contributed by atoms with Gasteiger partial charge in [-0.3, -0.25) is 4.79 Å². The van der Waals surface area contributed by atoms with Crippen molar-refractivity contribution in [1.82, 2.24) is 0 Å². The Morgan fingerprint density at radius 3 is 2.70 bits per heavy atom. The lowest BCUT2D eigenvalue weighted by Crippen LogP contribution is -2.62. The van der Waals surface area contributed by atoms with E-state index in [-0.39, 0.29) is 5.78 Å². The van der Waals surface area contributed by atoms with Gasteiger partial charge in [0.05, 0.1) is 7.11 Å². The van der Waals surface area contributed by atoms with Gasteiger partial charge in [-0.25, -0.2) is 0 Å². The van der Waals surface area contributed by atoms with Crippen molar-refractivity contribution in [3.63, 3.8) is 0 Å². The highest BCUT2D eigenvalue weighted by molar-refractivity contribution is 5.91. The fraction of sp³-hybridized carbons (Fsp3) is 0.562. The van der Waals surface area contributed by atoms with Crippen LogP contribution in [0.2, 0.25) is 0 Å². The van der Waals surface area contributed by atoms with Crippen LogP contribution in [-0.2, 0) is 21.6 Å². The Hall–Kier alpha value is -1.39. The molecule has 2 aliphatic rings. The Morgan fingerprint density at radius 1 is 1.20 bits per heavy atom. The van der Waals surface area contributed by atoms with Crippen LogP contribution in [0.4, 0.5) is 0 Å². The number of benzene rings is 1. The number of methoxy groups -OCH3 is 2. The van der Waals surface area contributed by atoms with Gasteiger partial charge in [0.1, 0.15) is 11.4 Å². The van der Waals surface area contributed by atoms with E-state index >= 15 is 0 Å². The lowest BCUT2D eigenvalue weighted by Gasteiger charge is -2.51. The summed E-state index contributed by atoms with van der Waals surface area (Å²) in [4.78, 5) is 12.5. The van der Waals surface area contributed by atoms with Crippen LogP contribution >= 0.6 is 0 Å². The van der Waals surface area contributed by atoms with Crippen LogP contribution in [0.15, 0.2) is 18.2 Å². The van der Waals surface area contributed by atoms with E-state index in [2.05, 4.69) is 0 Å². The number of carbonyl (C=O) groups excluding carboxylic acids is 1. The SMILES string of the molecule is COc1cccc2c1CC[C@@]1(OC)CCCC(=O)[C@@]21O. The summed E-state index contributed by atoms with van der Waals surface area (Å²) in [6, 6.07) is 5.52. The molecule has 0 amide bonds. The van der Waals surface area contributed by atoms with Crippen LogP contribution in [0.25, 0.3) is 0 Å². The van der Waals surface area contributed by atoms with Crippen LogP contribution in [0.3, 0.4) is 0 Å². The lowest BCUT2D eigenvalue weighted by molar-refractivity contribution is -0.204. The lowest BCUT2D eigenvalue weighted by atomic mass is 9.61. The van der Waals surface area contributed by atoms with Gasteiger partial charge < -0.3 is 14.6 Å². The molecule has 4 heteroatoms. The molecule has 1 aromatic rings. The molecule has 108 valence electrons. The standard InChI is InChI=1S/C16H20O4/c1-19-13-6-3-5-12-11(13)8-10-15(20-2)9-4-7-14(17)16(12,15)18/h3,5-6,18H,4,7-10H2,1-2H3/t15-,16-/m0/s1. The first kappa shape index (κ1) is 13.6. The Labute approximate surface area is 118 Å². The number of fused-ring (bicyclic) bond motifs is 3. The Balaban J connectivity index is 2.24. The first-order valence-corrected chi connectivity index (χ1v) is 7.06. The molecule has 0 bridgehead atoms.